The molecule has 0 spiro atoms. The lowest BCUT2D eigenvalue weighted by molar-refractivity contribution is -0.930. The van der Waals surface area contributed by atoms with Gasteiger partial charge >= 0.3 is 6.09 Å². The van der Waals surface area contributed by atoms with Gasteiger partial charge in [-0.2, -0.15) is 0 Å². The van der Waals surface area contributed by atoms with Gasteiger partial charge in [-0.3, -0.25) is 5.32 Å². The molecule has 1 aromatic rings. The van der Waals surface area contributed by atoms with Gasteiger partial charge in [0.2, 0.25) is 0 Å². The number of quaternary nitrogens is 1. The van der Waals surface area contributed by atoms with Crippen molar-refractivity contribution in [3.8, 4) is 5.75 Å². The minimum Gasteiger partial charge on any atom is -0.491 e. The number of hydrogen-bond donors (Lipinski definition) is 1. The van der Waals surface area contributed by atoms with E-state index < -0.39 is 6.09 Å². The first-order valence-corrected chi connectivity index (χ1v) is 10.2. The Bertz CT molecular complexity index is 542. The largest absolute Gasteiger partial charge is 0.491 e. The van der Waals surface area contributed by atoms with Gasteiger partial charge in [-0.15, -0.1) is 0 Å². The lowest BCUT2D eigenvalue weighted by atomic mass is 10.1. The number of likely N-dealkylation sites (N-methyl/N-ethyl adjacent to an activating group) is 1. The molecule has 1 saturated heterocycles. The molecule has 0 atom stereocenters. The molecule has 1 N–H and O–H groups in total. The summed E-state index contributed by atoms with van der Waals surface area (Å²) in [5.41, 5.74) is 0.673. The number of piperidine rings is 1. The maximum Gasteiger partial charge on any atom is 0.411 e. The number of anilines is 1. The molecule has 1 heterocycles. The van der Waals surface area contributed by atoms with Gasteiger partial charge in [-0.1, -0.05) is 31.9 Å². The zero-order valence-electron chi connectivity index (χ0n) is 16.5. The molecule has 0 saturated carbocycles. The lowest BCUT2D eigenvalue weighted by Crippen LogP contribution is -2.53. The summed E-state index contributed by atoms with van der Waals surface area (Å²) in [4.78, 5) is 12.2. The molecule has 146 valence electrons. The lowest BCUT2D eigenvalue weighted by Gasteiger charge is -2.40. The molecule has 0 aromatic heterocycles. The van der Waals surface area contributed by atoms with Crippen LogP contribution in [0, 0.1) is 0 Å². The van der Waals surface area contributed by atoms with Crippen LogP contribution in [0.15, 0.2) is 24.3 Å². The van der Waals surface area contributed by atoms with Crippen molar-refractivity contribution in [2.24, 2.45) is 0 Å². The number of unbranched alkanes of at least 4 members (excludes halogenated alkanes) is 2. The number of benzene rings is 1. The number of carbonyl (C=O) groups is 1. The van der Waals surface area contributed by atoms with E-state index in [0.717, 1.165) is 36.8 Å². The average Bonchev–Trinajstić information content (AvgIpc) is 2.67. The number of para-hydroxylation sites is 2. The second kappa shape index (κ2) is 11.1. The highest BCUT2D eigenvalue weighted by Crippen LogP contribution is 2.24. The van der Waals surface area contributed by atoms with E-state index in [1.54, 1.807) is 0 Å². The van der Waals surface area contributed by atoms with E-state index in [2.05, 4.69) is 19.2 Å². The van der Waals surface area contributed by atoms with Gasteiger partial charge in [0.25, 0.3) is 0 Å². The Balaban J connectivity index is 1.78. The Labute approximate surface area is 158 Å². The van der Waals surface area contributed by atoms with Crippen LogP contribution in [-0.4, -0.2) is 50.0 Å². The maximum atomic E-state index is 12.2. The number of hydrogen-bond acceptors (Lipinski definition) is 3. The van der Waals surface area contributed by atoms with Crippen LogP contribution in [-0.2, 0) is 4.74 Å². The Morgan fingerprint density at radius 1 is 1.08 bits per heavy atom. The van der Waals surface area contributed by atoms with Crippen LogP contribution in [0.5, 0.6) is 5.75 Å². The summed E-state index contributed by atoms with van der Waals surface area (Å²) >= 11 is 0. The second-order valence-corrected chi connectivity index (χ2v) is 7.20. The first-order valence-electron chi connectivity index (χ1n) is 10.2. The third-order valence-electron chi connectivity index (χ3n) is 5.36. The molecule has 0 bridgehead atoms. The molecule has 1 aliphatic rings. The van der Waals surface area contributed by atoms with E-state index in [4.69, 9.17) is 9.47 Å². The summed E-state index contributed by atoms with van der Waals surface area (Å²) in [6.07, 6.45) is 6.82. The van der Waals surface area contributed by atoms with Crippen LogP contribution in [0.3, 0.4) is 0 Å². The summed E-state index contributed by atoms with van der Waals surface area (Å²) in [6, 6.07) is 7.53. The predicted molar refractivity (Wildman–Crippen MR) is 106 cm³/mol. The first-order chi connectivity index (χ1) is 12.7. The van der Waals surface area contributed by atoms with Crippen molar-refractivity contribution < 1.29 is 18.8 Å². The van der Waals surface area contributed by atoms with Crippen molar-refractivity contribution in [2.45, 2.75) is 52.4 Å². The standard InChI is InChI=1S/C21H34N2O3/c1-3-5-11-17-25-20-13-8-7-12-19(20)22-21(24)26-18-16-23(4-2)14-9-6-10-15-23/h7-8,12-13H,3-6,9-11,14-18H2,1-2H3/p+1. The number of nitrogens with zero attached hydrogens (tertiary/aromatic N) is 1. The SMILES string of the molecule is CCCCCOc1ccccc1NC(=O)OCC[N+]1(CC)CCCCC1. The number of likely N-dealkylation sites (tertiary alicyclic amines) is 1. The Morgan fingerprint density at radius 2 is 1.85 bits per heavy atom. The zero-order valence-corrected chi connectivity index (χ0v) is 16.5. The van der Waals surface area contributed by atoms with Gasteiger partial charge < -0.3 is 14.0 Å². The molecule has 0 aliphatic carbocycles. The number of amides is 1. The molecule has 1 aliphatic heterocycles. The number of carbonyl (C=O) groups excluding carboxylic acids is 1. The van der Waals surface area contributed by atoms with Gasteiger partial charge in [0, 0.05) is 0 Å². The summed E-state index contributed by atoms with van der Waals surface area (Å²) in [5.74, 6) is 0.702. The first kappa shape index (κ1) is 20.6. The van der Waals surface area contributed by atoms with Gasteiger partial charge in [-0.25, -0.2) is 4.79 Å². The van der Waals surface area contributed by atoms with Crippen LogP contribution in [0.4, 0.5) is 10.5 Å². The van der Waals surface area contributed by atoms with Crippen LogP contribution in [0.25, 0.3) is 0 Å². The van der Waals surface area contributed by atoms with E-state index in [1.165, 1.54) is 32.4 Å². The van der Waals surface area contributed by atoms with E-state index in [9.17, 15) is 4.79 Å². The summed E-state index contributed by atoms with van der Waals surface area (Å²) in [6.45, 7) is 9.94. The number of ether oxygens (including phenoxy) is 2. The average molecular weight is 364 g/mol. The monoisotopic (exact) mass is 363 g/mol. The minimum atomic E-state index is -0.402. The highest BCUT2D eigenvalue weighted by molar-refractivity contribution is 5.86. The Morgan fingerprint density at radius 3 is 2.58 bits per heavy atom. The zero-order chi connectivity index (χ0) is 18.7. The van der Waals surface area contributed by atoms with Crippen molar-refractivity contribution in [1.82, 2.24) is 0 Å². The van der Waals surface area contributed by atoms with Crippen molar-refractivity contribution in [3.63, 3.8) is 0 Å². The molecular formula is C21H35N2O3+. The highest BCUT2D eigenvalue weighted by atomic mass is 16.5. The maximum absolute atomic E-state index is 12.2. The van der Waals surface area contributed by atoms with Crippen LogP contribution in [0.1, 0.15) is 52.4 Å². The molecule has 0 radical (unpaired) electrons. The van der Waals surface area contributed by atoms with Gasteiger partial charge in [0.15, 0.2) is 0 Å². The highest BCUT2D eigenvalue weighted by Gasteiger charge is 2.28. The molecule has 5 heteroatoms. The Hall–Kier alpha value is -1.75. The van der Waals surface area contributed by atoms with Gasteiger partial charge in [-0.05, 0) is 44.7 Å². The third kappa shape index (κ3) is 6.52. The van der Waals surface area contributed by atoms with E-state index in [1.807, 2.05) is 24.3 Å². The summed E-state index contributed by atoms with van der Waals surface area (Å²) < 4.78 is 12.3. The number of rotatable bonds is 10. The van der Waals surface area contributed by atoms with Gasteiger partial charge in [0.1, 0.15) is 18.9 Å². The second-order valence-electron chi connectivity index (χ2n) is 7.20. The minimum absolute atomic E-state index is 0.402. The van der Waals surface area contributed by atoms with Crippen LogP contribution >= 0.6 is 0 Å². The molecule has 1 amide bonds. The summed E-state index contributed by atoms with van der Waals surface area (Å²) in [7, 11) is 0. The smallest absolute Gasteiger partial charge is 0.411 e. The van der Waals surface area contributed by atoms with Crippen molar-refractivity contribution in [3.05, 3.63) is 24.3 Å². The third-order valence-corrected chi connectivity index (χ3v) is 5.36. The van der Waals surface area contributed by atoms with E-state index in [-0.39, 0.29) is 0 Å². The van der Waals surface area contributed by atoms with Crippen LogP contribution < -0.4 is 10.1 Å². The van der Waals surface area contributed by atoms with Crippen molar-refractivity contribution >= 4 is 11.8 Å². The normalized spacial score (nSPS) is 16.1. The molecule has 1 fully saturated rings. The fourth-order valence-electron chi connectivity index (χ4n) is 3.59. The van der Waals surface area contributed by atoms with Crippen LogP contribution in [0.2, 0.25) is 0 Å². The molecule has 0 unspecified atom stereocenters. The van der Waals surface area contributed by atoms with E-state index in [0.29, 0.717) is 24.7 Å². The Kier molecular flexibility index (Phi) is 8.75. The molecule has 1 aromatic carbocycles. The van der Waals surface area contributed by atoms with Gasteiger partial charge in [0.05, 0.1) is 31.9 Å². The fourth-order valence-corrected chi connectivity index (χ4v) is 3.59. The van der Waals surface area contributed by atoms with Crippen molar-refractivity contribution in [1.29, 1.82) is 0 Å². The molecule has 5 nitrogen and oxygen atoms in total. The van der Waals surface area contributed by atoms with Crippen molar-refractivity contribution in [2.75, 3.05) is 44.7 Å². The fraction of sp³-hybridized carbons (Fsp3) is 0.667. The topological polar surface area (TPSA) is 47.6 Å². The van der Waals surface area contributed by atoms with E-state index >= 15 is 0 Å². The molecular weight excluding hydrogens is 328 g/mol. The molecule has 26 heavy (non-hydrogen) atoms. The molecule has 2 rings (SSSR count). The quantitative estimate of drug-likeness (QED) is 0.479. The predicted octanol–water partition coefficient (Wildman–Crippen LogP) is 4.82. The summed E-state index contributed by atoms with van der Waals surface area (Å²) in [5, 5.41) is 2.83. The number of nitrogens with one attached hydrogen (secondary N) is 1.